The van der Waals surface area contributed by atoms with Gasteiger partial charge in [-0.25, -0.2) is 0 Å². The first-order valence-electron chi connectivity index (χ1n) is 7.07. The van der Waals surface area contributed by atoms with Gasteiger partial charge in [0.15, 0.2) is 0 Å². The Labute approximate surface area is 108 Å². The molecule has 2 unspecified atom stereocenters. The summed E-state index contributed by atoms with van der Waals surface area (Å²) in [4.78, 5) is 25.7. The quantitative estimate of drug-likeness (QED) is 0.838. The van der Waals surface area contributed by atoms with Crippen LogP contribution in [0.25, 0.3) is 0 Å². The van der Waals surface area contributed by atoms with Gasteiger partial charge in [0.25, 0.3) is 0 Å². The van der Waals surface area contributed by atoms with Crippen LogP contribution < -0.4 is 0 Å². The number of hydrogen-bond donors (Lipinski definition) is 1. The topological polar surface area (TPSA) is 57.6 Å². The number of hydrogen-bond acceptors (Lipinski definition) is 2. The van der Waals surface area contributed by atoms with Gasteiger partial charge in [0.1, 0.15) is 0 Å². The van der Waals surface area contributed by atoms with Gasteiger partial charge < -0.3 is 10.0 Å². The van der Waals surface area contributed by atoms with Crippen LogP contribution in [0.4, 0.5) is 0 Å². The van der Waals surface area contributed by atoms with E-state index in [9.17, 15) is 14.7 Å². The maximum Gasteiger partial charge on any atom is 0.307 e. The van der Waals surface area contributed by atoms with Crippen LogP contribution in [-0.4, -0.2) is 34.5 Å². The van der Waals surface area contributed by atoms with Crippen molar-refractivity contribution >= 4 is 11.9 Å². The number of aliphatic carboxylic acids is 1. The van der Waals surface area contributed by atoms with Gasteiger partial charge >= 0.3 is 5.97 Å². The molecule has 0 spiro atoms. The summed E-state index contributed by atoms with van der Waals surface area (Å²) in [6.45, 7) is 4.96. The maximum absolute atomic E-state index is 12.5. The highest BCUT2D eigenvalue weighted by molar-refractivity contribution is 5.85. The highest BCUT2D eigenvalue weighted by Crippen LogP contribution is 2.38. The van der Waals surface area contributed by atoms with E-state index in [2.05, 4.69) is 6.92 Å². The molecule has 0 radical (unpaired) electrons. The van der Waals surface area contributed by atoms with Gasteiger partial charge in [-0.05, 0) is 38.0 Å². The molecule has 1 heterocycles. The van der Waals surface area contributed by atoms with Gasteiger partial charge in [-0.2, -0.15) is 0 Å². The number of carbonyl (C=O) groups is 2. The summed E-state index contributed by atoms with van der Waals surface area (Å²) in [5.41, 5.74) is 0. The first-order chi connectivity index (χ1) is 8.54. The predicted octanol–water partition coefficient (Wildman–Crippen LogP) is 2.13. The predicted molar refractivity (Wildman–Crippen MR) is 68.0 cm³/mol. The summed E-state index contributed by atoms with van der Waals surface area (Å²) in [6, 6.07) is 0.336. The molecule has 0 aromatic carbocycles. The average Bonchev–Trinajstić information content (AvgIpc) is 2.93. The molecule has 4 nitrogen and oxygen atoms in total. The fourth-order valence-corrected chi connectivity index (χ4v) is 3.60. The third-order valence-corrected chi connectivity index (χ3v) is 4.56. The number of nitrogens with zero attached hydrogens (tertiary/aromatic N) is 1. The van der Waals surface area contributed by atoms with Gasteiger partial charge in [-0.1, -0.05) is 13.8 Å². The Morgan fingerprint density at radius 2 is 1.94 bits per heavy atom. The van der Waals surface area contributed by atoms with E-state index in [-0.39, 0.29) is 11.8 Å². The van der Waals surface area contributed by atoms with E-state index in [1.165, 1.54) is 0 Å². The smallest absolute Gasteiger partial charge is 0.307 e. The molecular weight excluding hydrogens is 230 g/mol. The van der Waals surface area contributed by atoms with E-state index in [0.29, 0.717) is 18.4 Å². The number of carbonyl (C=O) groups excluding carboxylic acids is 1. The monoisotopic (exact) mass is 253 g/mol. The summed E-state index contributed by atoms with van der Waals surface area (Å²) in [7, 11) is 0. The molecule has 0 aromatic heterocycles. The second-order valence-corrected chi connectivity index (χ2v) is 5.86. The Balaban J connectivity index is 2.10. The molecule has 1 amide bonds. The zero-order valence-corrected chi connectivity index (χ0v) is 11.3. The van der Waals surface area contributed by atoms with Crippen molar-refractivity contribution in [1.82, 2.24) is 4.90 Å². The summed E-state index contributed by atoms with van der Waals surface area (Å²) in [6.07, 6.45) is 4.50. The van der Waals surface area contributed by atoms with Crippen LogP contribution in [0.2, 0.25) is 0 Å². The highest BCUT2D eigenvalue weighted by Gasteiger charge is 2.44. The van der Waals surface area contributed by atoms with Crippen molar-refractivity contribution in [3.8, 4) is 0 Å². The van der Waals surface area contributed by atoms with Gasteiger partial charge in [0.05, 0.1) is 11.8 Å². The highest BCUT2D eigenvalue weighted by atomic mass is 16.4. The van der Waals surface area contributed by atoms with E-state index in [4.69, 9.17) is 0 Å². The molecule has 1 aliphatic heterocycles. The number of carboxylic acids is 1. The number of rotatable bonds is 3. The molecule has 4 heteroatoms. The van der Waals surface area contributed by atoms with Crippen LogP contribution in [0.1, 0.15) is 46.0 Å². The van der Waals surface area contributed by atoms with Crippen molar-refractivity contribution in [2.45, 2.75) is 52.0 Å². The van der Waals surface area contributed by atoms with Gasteiger partial charge in [0.2, 0.25) is 5.91 Å². The summed E-state index contributed by atoms with van der Waals surface area (Å²) >= 11 is 0. The fourth-order valence-electron chi connectivity index (χ4n) is 3.60. The second-order valence-electron chi connectivity index (χ2n) is 5.86. The van der Waals surface area contributed by atoms with E-state index < -0.39 is 11.9 Å². The Morgan fingerprint density at radius 1 is 1.28 bits per heavy atom. The minimum Gasteiger partial charge on any atom is -0.481 e. The minimum absolute atomic E-state index is 0.0936. The van der Waals surface area contributed by atoms with Crippen LogP contribution >= 0.6 is 0 Å². The van der Waals surface area contributed by atoms with Crippen molar-refractivity contribution in [1.29, 1.82) is 0 Å². The summed E-state index contributed by atoms with van der Waals surface area (Å²) in [5.74, 6) is -1.11. The lowest BCUT2D eigenvalue weighted by Crippen LogP contribution is -2.41. The zero-order chi connectivity index (χ0) is 13.3. The molecule has 2 fully saturated rings. The lowest BCUT2D eigenvalue weighted by atomic mass is 9.94. The van der Waals surface area contributed by atoms with Crippen LogP contribution in [0.15, 0.2) is 0 Å². The first-order valence-corrected chi connectivity index (χ1v) is 7.07. The lowest BCUT2D eigenvalue weighted by Gasteiger charge is -2.28. The number of amides is 1. The third-order valence-electron chi connectivity index (χ3n) is 4.56. The van der Waals surface area contributed by atoms with Crippen molar-refractivity contribution in [2.75, 3.05) is 6.54 Å². The molecular formula is C14H23NO3. The molecule has 1 N–H and O–H groups in total. The SMILES string of the molecule is CCC1CCCN1C(=O)[C@H]1CC(C)C[C@H]1C(=O)O. The molecule has 18 heavy (non-hydrogen) atoms. The van der Waals surface area contributed by atoms with Crippen LogP contribution in [0.3, 0.4) is 0 Å². The van der Waals surface area contributed by atoms with Crippen molar-refractivity contribution in [3.63, 3.8) is 0 Å². The maximum atomic E-state index is 12.5. The van der Waals surface area contributed by atoms with Gasteiger partial charge in [-0.3, -0.25) is 9.59 Å². The minimum atomic E-state index is -0.801. The molecule has 1 aliphatic carbocycles. The molecule has 2 aliphatic rings. The second kappa shape index (κ2) is 5.29. The molecule has 0 aromatic rings. The van der Waals surface area contributed by atoms with E-state index in [0.717, 1.165) is 32.2 Å². The molecule has 1 saturated carbocycles. The van der Waals surface area contributed by atoms with Crippen molar-refractivity contribution in [3.05, 3.63) is 0 Å². The van der Waals surface area contributed by atoms with Gasteiger partial charge in [0, 0.05) is 12.6 Å². The molecule has 2 rings (SSSR count). The lowest BCUT2D eigenvalue weighted by molar-refractivity contribution is -0.149. The van der Waals surface area contributed by atoms with E-state index in [1.54, 1.807) is 0 Å². The average molecular weight is 253 g/mol. The summed E-state index contributed by atoms with van der Waals surface area (Å²) < 4.78 is 0. The molecule has 102 valence electrons. The normalized spacial score (nSPS) is 36.0. The van der Waals surface area contributed by atoms with Crippen LogP contribution in [0, 0.1) is 17.8 Å². The molecule has 4 atom stereocenters. The number of likely N-dealkylation sites (tertiary alicyclic amines) is 1. The van der Waals surface area contributed by atoms with Crippen molar-refractivity contribution in [2.24, 2.45) is 17.8 Å². The van der Waals surface area contributed by atoms with E-state index >= 15 is 0 Å². The first kappa shape index (κ1) is 13.4. The van der Waals surface area contributed by atoms with Gasteiger partial charge in [-0.15, -0.1) is 0 Å². The summed E-state index contributed by atoms with van der Waals surface area (Å²) in [5, 5.41) is 9.25. The van der Waals surface area contributed by atoms with Crippen molar-refractivity contribution < 1.29 is 14.7 Å². The van der Waals surface area contributed by atoms with Crippen LogP contribution in [-0.2, 0) is 9.59 Å². The largest absolute Gasteiger partial charge is 0.481 e. The zero-order valence-electron chi connectivity index (χ0n) is 11.3. The Hall–Kier alpha value is -1.06. The molecule has 0 bridgehead atoms. The Morgan fingerprint density at radius 3 is 2.56 bits per heavy atom. The Bertz CT molecular complexity index is 342. The van der Waals surface area contributed by atoms with Crippen LogP contribution in [0.5, 0.6) is 0 Å². The molecule has 1 saturated heterocycles. The fraction of sp³-hybridized carbons (Fsp3) is 0.857. The standard InChI is InChI=1S/C14H23NO3/c1-3-10-5-4-6-15(10)13(16)11-7-9(2)8-12(11)14(17)18/h9-12H,3-8H2,1-2H3,(H,17,18)/t9?,10?,11-,12+/m0/s1. The van der Waals surface area contributed by atoms with E-state index in [1.807, 2.05) is 11.8 Å². The Kier molecular flexibility index (Phi) is 3.93. The number of carboxylic acid groups (broad SMARTS) is 1. The third kappa shape index (κ3) is 2.38.